The van der Waals surface area contributed by atoms with Crippen LogP contribution in [0.1, 0.15) is 0 Å². The fourth-order valence-electron chi connectivity index (χ4n) is 2.14. The summed E-state index contributed by atoms with van der Waals surface area (Å²) in [5.74, 6) is 0. The number of alkyl halides is 6. The molecule has 2 aliphatic rings. The number of phosphoric acid groups is 1. The lowest BCUT2D eigenvalue weighted by molar-refractivity contribution is -0.0111. The second kappa shape index (κ2) is 13.6. The van der Waals surface area contributed by atoms with E-state index < -0.39 is 21.8 Å². The molecule has 0 saturated carbocycles. The molecule has 0 aromatic rings. The first-order chi connectivity index (χ1) is 14.3. The molecule has 0 radical (unpaired) electrons. The van der Waals surface area contributed by atoms with Gasteiger partial charge in [-0.2, -0.15) is 0 Å². The largest absolute Gasteiger partial charge is 0.474 e. The molecule has 0 aromatic carbocycles. The summed E-state index contributed by atoms with van der Waals surface area (Å²) in [6.07, 6.45) is 0. The van der Waals surface area contributed by atoms with Crippen molar-refractivity contribution < 1.29 is 31.7 Å². The van der Waals surface area contributed by atoms with Gasteiger partial charge in [0, 0.05) is 48.2 Å². The molecule has 178 valence electrons. The van der Waals surface area contributed by atoms with Crippen LogP contribution in [0.4, 0.5) is 0 Å². The average molecular weight is 858 g/mol. The topological polar surface area (TPSA) is 72.5 Å². The highest BCUT2D eigenvalue weighted by Crippen LogP contribution is 2.56. The second-order valence-corrected chi connectivity index (χ2v) is 13.9. The summed E-state index contributed by atoms with van der Waals surface area (Å²) in [6.45, 7) is 2.05. The van der Waals surface area contributed by atoms with Crippen molar-refractivity contribution in [3.8, 4) is 0 Å². The zero-order valence-corrected chi connectivity index (χ0v) is 27.3. The third-order valence-electron chi connectivity index (χ3n) is 4.72. The average Bonchev–Trinajstić information content (AvgIpc) is 2.81. The Hall–Kier alpha value is 3.30. The maximum Gasteiger partial charge on any atom is 0.474 e. The molecule has 0 spiro atoms. The minimum absolute atomic E-state index is 0.0954. The van der Waals surface area contributed by atoms with E-state index >= 15 is 0 Å². The molecule has 2 rings (SSSR count). The van der Waals surface area contributed by atoms with Gasteiger partial charge in [-0.25, -0.2) is 4.57 Å². The molecule has 0 aromatic heterocycles. The van der Waals surface area contributed by atoms with Crippen LogP contribution in [0.5, 0.6) is 0 Å². The van der Waals surface area contributed by atoms with Gasteiger partial charge in [-0.05, 0) is 0 Å². The highest BCUT2D eigenvalue weighted by Gasteiger charge is 2.44. The fraction of sp³-hybridized carbons (Fsp3) is 1.00. The first-order valence-electron chi connectivity index (χ1n) is 8.86. The zero-order valence-electron chi connectivity index (χ0n) is 16.0. The van der Waals surface area contributed by atoms with E-state index in [1.165, 1.54) is 0 Å². The molecule has 2 aliphatic heterocycles. The summed E-state index contributed by atoms with van der Waals surface area (Å²) in [5, 5.41) is 3.98. The van der Waals surface area contributed by atoms with Crippen molar-refractivity contribution in [2.75, 3.05) is 71.6 Å². The predicted octanol–water partition coefficient (Wildman–Crippen LogP) is 6.78. The maximum atomic E-state index is 12.9. The Morgan fingerprint density at radius 1 is 0.800 bits per heavy atom. The van der Waals surface area contributed by atoms with Crippen LogP contribution in [0.15, 0.2) is 0 Å². The first kappa shape index (κ1) is 29.5. The number of hydrogen-bond acceptors (Lipinski definition) is 7. The summed E-state index contributed by atoms with van der Waals surface area (Å²) in [6, 6.07) is 0. The first-order valence-corrected chi connectivity index (χ1v) is 18.1. The third-order valence-corrected chi connectivity index (χ3v) is 14.2. The van der Waals surface area contributed by atoms with E-state index in [9.17, 15) is 4.57 Å². The van der Waals surface area contributed by atoms with E-state index in [0.717, 1.165) is 10.7 Å². The summed E-state index contributed by atoms with van der Waals surface area (Å²) in [4.78, 5) is 0. The molecule has 30 heavy (non-hydrogen) atoms. The van der Waals surface area contributed by atoms with Crippen LogP contribution in [0.2, 0.25) is 0 Å². The Morgan fingerprint density at radius 3 is 1.70 bits per heavy atom. The van der Waals surface area contributed by atoms with Crippen LogP contribution in [-0.2, 0) is 31.7 Å². The maximum absolute atomic E-state index is 12.9. The van der Waals surface area contributed by atoms with Crippen LogP contribution in [0.3, 0.4) is 0 Å². The quantitative estimate of drug-likeness (QED) is 0.159. The number of rotatable bonds is 12. The molecular weight excluding hydrogens is 834 g/mol. The Labute approximate surface area is 229 Å². The Balaban J connectivity index is 1.87. The Bertz CT molecular complexity index is 554. The van der Waals surface area contributed by atoms with Gasteiger partial charge in [-0.1, -0.05) is 95.6 Å². The van der Waals surface area contributed by atoms with Crippen LogP contribution in [0, 0.1) is 16.2 Å². The molecule has 15 heteroatoms. The van der Waals surface area contributed by atoms with Crippen molar-refractivity contribution in [3.05, 3.63) is 0 Å². The molecule has 2 fully saturated rings. The van der Waals surface area contributed by atoms with E-state index in [0.29, 0.717) is 34.5 Å². The van der Waals surface area contributed by atoms with Crippen molar-refractivity contribution in [3.63, 3.8) is 0 Å². The molecule has 2 heterocycles. The summed E-state index contributed by atoms with van der Waals surface area (Å²) < 4.78 is 47.1. The highest BCUT2D eigenvalue weighted by atomic mass is 79.9. The van der Waals surface area contributed by atoms with Crippen LogP contribution < -0.4 is 0 Å². The molecule has 0 aliphatic carbocycles. The Morgan fingerprint density at radius 2 is 1.27 bits per heavy atom. The van der Waals surface area contributed by atoms with Gasteiger partial charge in [0.05, 0.1) is 39.6 Å². The highest BCUT2D eigenvalue weighted by molar-refractivity contribution is 9.10. The van der Waals surface area contributed by atoms with Gasteiger partial charge in [0.25, 0.3) is 0 Å². The lowest BCUT2D eigenvalue weighted by atomic mass is 9.96. The van der Waals surface area contributed by atoms with Gasteiger partial charge in [-0.3, -0.25) is 13.6 Å². The summed E-state index contributed by atoms with van der Waals surface area (Å²) >= 11 is 21.0. The minimum Gasteiger partial charge on any atom is -0.312 e. The fourth-order valence-corrected chi connectivity index (χ4v) is 9.74. The molecule has 0 N–H and O–H groups in total. The summed E-state index contributed by atoms with van der Waals surface area (Å²) in [7, 11) is -5.08. The van der Waals surface area contributed by atoms with Gasteiger partial charge in [0.2, 0.25) is 0 Å². The van der Waals surface area contributed by atoms with Crippen molar-refractivity contribution in [1.29, 1.82) is 0 Å². The monoisotopic (exact) mass is 852 g/mol. The van der Waals surface area contributed by atoms with Crippen LogP contribution in [0.25, 0.3) is 0 Å². The van der Waals surface area contributed by atoms with E-state index in [1.807, 2.05) is 0 Å². The van der Waals surface area contributed by atoms with Gasteiger partial charge < -0.3 is 13.6 Å². The molecular formula is C15H24Br6O7P2. The minimum atomic E-state index is -3.63. The molecule has 0 unspecified atom stereocenters. The number of halogens is 6. The van der Waals surface area contributed by atoms with E-state index in [2.05, 4.69) is 95.6 Å². The molecule has 0 amide bonds. The molecule has 2 saturated heterocycles. The lowest BCUT2D eigenvalue weighted by Crippen LogP contribution is -2.41. The number of hydrogen-bond donors (Lipinski definition) is 0. The summed E-state index contributed by atoms with van der Waals surface area (Å²) in [5.41, 5.74) is -0.861. The smallest absolute Gasteiger partial charge is 0.312 e. The SMILES string of the molecule is O=P1(OCC(CBr)(CBr)COP2OCC(CBr)(CBr)CO2)OCC(CBr)(CBr)CO1. The lowest BCUT2D eigenvalue weighted by Gasteiger charge is -2.39. The predicted molar refractivity (Wildman–Crippen MR) is 140 cm³/mol. The van der Waals surface area contributed by atoms with Gasteiger partial charge in [0.1, 0.15) is 0 Å². The van der Waals surface area contributed by atoms with Gasteiger partial charge in [-0.15, -0.1) is 0 Å². The zero-order chi connectivity index (χ0) is 22.3. The molecule has 7 nitrogen and oxygen atoms in total. The standard InChI is InChI=1S/C15H24Br6O7P2/c16-1-13(2-17)7-23-29(24-8-13)25-9-14(3-18,4-19)10-26-30(22)27-11-15(5-20,6-21)12-28-30/h1-12H2. The second-order valence-electron chi connectivity index (χ2n) is 7.61. The van der Waals surface area contributed by atoms with Crippen molar-refractivity contribution in [2.24, 2.45) is 16.2 Å². The van der Waals surface area contributed by atoms with E-state index in [1.54, 1.807) is 0 Å². The van der Waals surface area contributed by atoms with Crippen molar-refractivity contribution >= 4 is 112 Å². The molecule has 0 bridgehead atoms. The molecule has 0 atom stereocenters. The number of phosphoric ester groups is 1. The van der Waals surface area contributed by atoms with E-state index in [-0.39, 0.29) is 37.3 Å². The normalized spacial score (nSPS) is 24.1. The third kappa shape index (κ3) is 7.90. The van der Waals surface area contributed by atoms with Crippen LogP contribution in [-0.4, -0.2) is 71.6 Å². The van der Waals surface area contributed by atoms with Crippen molar-refractivity contribution in [2.45, 2.75) is 0 Å². The Kier molecular flexibility index (Phi) is 13.4. The van der Waals surface area contributed by atoms with Crippen LogP contribution >= 0.6 is 112 Å². The van der Waals surface area contributed by atoms with Gasteiger partial charge in [0.15, 0.2) is 0 Å². The van der Waals surface area contributed by atoms with E-state index in [4.69, 9.17) is 27.1 Å². The van der Waals surface area contributed by atoms with Gasteiger partial charge >= 0.3 is 16.4 Å². The van der Waals surface area contributed by atoms with Crippen molar-refractivity contribution in [1.82, 2.24) is 0 Å².